The van der Waals surface area contributed by atoms with E-state index in [0.717, 1.165) is 18.2 Å². The van der Waals surface area contributed by atoms with E-state index >= 15 is 0 Å². The lowest BCUT2D eigenvalue weighted by molar-refractivity contribution is 0.312. The van der Waals surface area contributed by atoms with Crippen molar-refractivity contribution >= 4 is 0 Å². The Labute approximate surface area is 87.8 Å². The van der Waals surface area contributed by atoms with Gasteiger partial charge in [0.05, 0.1) is 6.67 Å². The zero-order chi connectivity index (χ0) is 11.3. The lowest BCUT2D eigenvalue weighted by atomic mass is 10.1. The largest absolute Gasteiger partial charge is 0.292 e. The first-order valence-electron chi connectivity index (χ1n) is 4.69. The summed E-state index contributed by atoms with van der Waals surface area (Å²) in [6, 6.07) is 3.95. The van der Waals surface area contributed by atoms with Crippen LogP contribution in [-0.2, 0) is 6.42 Å². The third-order valence-electron chi connectivity index (χ3n) is 2.13. The van der Waals surface area contributed by atoms with Crippen LogP contribution < -0.4 is 11.3 Å². The number of hydrazine groups is 1. The summed E-state index contributed by atoms with van der Waals surface area (Å²) in [5.41, 5.74) is 3.29. The van der Waals surface area contributed by atoms with Crippen molar-refractivity contribution in [1.82, 2.24) is 10.3 Å². The number of hydrogen-bond acceptors (Lipinski definition) is 3. The van der Waals surface area contributed by atoms with Crippen molar-refractivity contribution in [2.75, 3.05) is 20.3 Å². The number of nitrogens with one attached hydrogen (secondary N) is 1. The Morgan fingerprint density at radius 1 is 1.33 bits per heavy atom. The molecule has 0 radical (unpaired) electrons. The van der Waals surface area contributed by atoms with Crippen molar-refractivity contribution in [1.29, 1.82) is 0 Å². The van der Waals surface area contributed by atoms with E-state index in [4.69, 9.17) is 5.84 Å². The molecule has 0 aliphatic rings. The van der Waals surface area contributed by atoms with Crippen LogP contribution in [0.4, 0.5) is 8.78 Å². The van der Waals surface area contributed by atoms with Gasteiger partial charge in [-0.3, -0.25) is 10.7 Å². The van der Waals surface area contributed by atoms with Crippen LogP contribution in [0.5, 0.6) is 0 Å². The predicted molar refractivity (Wildman–Crippen MR) is 54.9 cm³/mol. The van der Waals surface area contributed by atoms with Crippen LogP contribution in [0.15, 0.2) is 18.2 Å². The number of nitrogens with two attached hydrogens (primary N) is 1. The molecule has 5 heteroatoms. The Balaban J connectivity index is 2.47. The maximum atomic E-state index is 12.8. The van der Waals surface area contributed by atoms with Crippen LogP contribution in [-0.4, -0.2) is 25.2 Å². The fourth-order valence-electron chi connectivity index (χ4n) is 1.25. The van der Waals surface area contributed by atoms with Crippen molar-refractivity contribution in [3.8, 4) is 0 Å². The molecule has 1 aromatic carbocycles. The van der Waals surface area contributed by atoms with Gasteiger partial charge in [0.25, 0.3) is 0 Å². The molecular formula is C10H15F2N3. The zero-order valence-electron chi connectivity index (χ0n) is 8.63. The monoisotopic (exact) mass is 215 g/mol. The molecule has 0 unspecified atom stereocenters. The molecule has 0 bridgehead atoms. The van der Waals surface area contributed by atoms with Gasteiger partial charge >= 0.3 is 0 Å². The topological polar surface area (TPSA) is 41.3 Å². The predicted octanol–water partition coefficient (Wildman–Crippen LogP) is 0.860. The van der Waals surface area contributed by atoms with E-state index in [1.54, 1.807) is 6.07 Å². The van der Waals surface area contributed by atoms with Crippen LogP contribution in [0.3, 0.4) is 0 Å². The van der Waals surface area contributed by atoms with Gasteiger partial charge in [-0.15, -0.1) is 0 Å². The Morgan fingerprint density at radius 3 is 2.67 bits per heavy atom. The summed E-state index contributed by atoms with van der Waals surface area (Å²) in [7, 11) is 1.89. The van der Waals surface area contributed by atoms with Gasteiger partial charge in [0.15, 0.2) is 11.6 Å². The number of benzene rings is 1. The van der Waals surface area contributed by atoms with E-state index in [2.05, 4.69) is 5.43 Å². The average Bonchev–Trinajstić information content (AvgIpc) is 2.20. The van der Waals surface area contributed by atoms with E-state index < -0.39 is 11.6 Å². The summed E-state index contributed by atoms with van der Waals surface area (Å²) in [4.78, 5) is 1.95. The molecule has 0 saturated heterocycles. The summed E-state index contributed by atoms with van der Waals surface area (Å²) in [6.45, 7) is 1.29. The summed E-state index contributed by atoms with van der Waals surface area (Å²) in [5, 5.41) is 0. The first kappa shape index (κ1) is 12.0. The first-order chi connectivity index (χ1) is 7.13. The second kappa shape index (κ2) is 5.75. The molecular weight excluding hydrogens is 200 g/mol. The summed E-state index contributed by atoms with van der Waals surface area (Å²) in [5.74, 6) is 3.53. The SMILES string of the molecule is CN(CCc1ccc(F)c(F)c1)CNN. The second-order valence-corrected chi connectivity index (χ2v) is 3.44. The molecule has 1 rings (SSSR count). The molecule has 0 saturated carbocycles. The normalized spacial score (nSPS) is 11.0. The molecule has 0 amide bonds. The Morgan fingerprint density at radius 2 is 2.07 bits per heavy atom. The molecule has 0 aliphatic heterocycles. The molecule has 0 atom stereocenters. The van der Waals surface area contributed by atoms with E-state index in [1.165, 1.54) is 6.07 Å². The second-order valence-electron chi connectivity index (χ2n) is 3.44. The fraction of sp³-hybridized carbons (Fsp3) is 0.400. The summed E-state index contributed by atoms with van der Waals surface area (Å²) >= 11 is 0. The fourth-order valence-corrected chi connectivity index (χ4v) is 1.25. The molecule has 1 aromatic rings. The first-order valence-corrected chi connectivity index (χ1v) is 4.69. The lowest BCUT2D eigenvalue weighted by Crippen LogP contribution is -2.36. The number of rotatable bonds is 5. The van der Waals surface area contributed by atoms with Crippen LogP contribution in [0.2, 0.25) is 0 Å². The minimum absolute atomic E-state index is 0.559. The molecule has 0 heterocycles. The van der Waals surface area contributed by atoms with Gasteiger partial charge in [-0.1, -0.05) is 6.07 Å². The van der Waals surface area contributed by atoms with E-state index in [-0.39, 0.29) is 0 Å². The van der Waals surface area contributed by atoms with Gasteiger partial charge < -0.3 is 0 Å². The Bertz CT molecular complexity index is 318. The lowest BCUT2D eigenvalue weighted by Gasteiger charge is -2.15. The van der Waals surface area contributed by atoms with Crippen LogP contribution in [0, 0.1) is 11.6 Å². The van der Waals surface area contributed by atoms with Gasteiger partial charge in [0.1, 0.15) is 0 Å². The molecule has 0 spiro atoms. The van der Waals surface area contributed by atoms with Crippen molar-refractivity contribution < 1.29 is 8.78 Å². The average molecular weight is 215 g/mol. The zero-order valence-corrected chi connectivity index (χ0v) is 8.63. The van der Waals surface area contributed by atoms with Gasteiger partial charge in [-0.05, 0) is 31.2 Å². The molecule has 0 aromatic heterocycles. The maximum absolute atomic E-state index is 12.8. The quantitative estimate of drug-likeness (QED) is 0.435. The van der Waals surface area contributed by atoms with Crippen molar-refractivity contribution in [2.45, 2.75) is 6.42 Å². The molecule has 3 N–H and O–H groups in total. The highest BCUT2D eigenvalue weighted by atomic mass is 19.2. The summed E-state index contributed by atoms with van der Waals surface area (Å²) < 4.78 is 25.4. The Kier molecular flexibility index (Phi) is 4.61. The molecule has 0 fully saturated rings. The minimum atomic E-state index is -0.810. The molecule has 3 nitrogen and oxygen atoms in total. The highest BCUT2D eigenvalue weighted by Crippen LogP contribution is 2.09. The van der Waals surface area contributed by atoms with Crippen molar-refractivity contribution in [3.05, 3.63) is 35.4 Å². The van der Waals surface area contributed by atoms with Crippen LogP contribution in [0.1, 0.15) is 5.56 Å². The highest BCUT2D eigenvalue weighted by molar-refractivity contribution is 5.17. The molecule has 0 aliphatic carbocycles. The number of nitrogens with zero attached hydrogens (tertiary/aromatic N) is 1. The van der Waals surface area contributed by atoms with Crippen molar-refractivity contribution in [2.24, 2.45) is 5.84 Å². The number of halogens is 2. The van der Waals surface area contributed by atoms with Gasteiger partial charge in [-0.2, -0.15) is 0 Å². The number of hydrogen-bond donors (Lipinski definition) is 2. The van der Waals surface area contributed by atoms with Crippen LogP contribution >= 0.6 is 0 Å². The number of likely N-dealkylation sites (N-methyl/N-ethyl adjacent to an activating group) is 1. The van der Waals surface area contributed by atoms with Gasteiger partial charge in [0, 0.05) is 6.54 Å². The van der Waals surface area contributed by atoms with Crippen LogP contribution in [0.25, 0.3) is 0 Å². The Hall–Kier alpha value is -1.04. The summed E-state index contributed by atoms with van der Waals surface area (Å²) in [6.07, 6.45) is 0.662. The smallest absolute Gasteiger partial charge is 0.159 e. The maximum Gasteiger partial charge on any atom is 0.159 e. The van der Waals surface area contributed by atoms with Gasteiger partial charge in [-0.25, -0.2) is 14.2 Å². The minimum Gasteiger partial charge on any atom is -0.292 e. The van der Waals surface area contributed by atoms with Gasteiger partial charge in [0.2, 0.25) is 0 Å². The third kappa shape index (κ3) is 3.91. The molecule has 15 heavy (non-hydrogen) atoms. The highest BCUT2D eigenvalue weighted by Gasteiger charge is 2.03. The standard InChI is InChI=1S/C10H15F2N3/c1-15(7-14-13)5-4-8-2-3-9(11)10(12)6-8/h2-3,6,14H,4-5,7,13H2,1H3. The third-order valence-corrected chi connectivity index (χ3v) is 2.13. The van der Waals surface area contributed by atoms with E-state index in [0.29, 0.717) is 13.1 Å². The van der Waals surface area contributed by atoms with Crippen molar-refractivity contribution in [3.63, 3.8) is 0 Å². The van der Waals surface area contributed by atoms with E-state index in [1.807, 2.05) is 11.9 Å². The van der Waals surface area contributed by atoms with E-state index in [9.17, 15) is 8.78 Å². The molecule has 84 valence electrons.